The van der Waals surface area contributed by atoms with Gasteiger partial charge in [-0.05, 0) is 48.9 Å². The maximum Gasteiger partial charge on any atom is 0.391 e. The Bertz CT molecular complexity index is 1650. The molecule has 0 atom stereocenters. The Morgan fingerprint density at radius 2 is 1.79 bits per heavy atom. The van der Waals surface area contributed by atoms with Crippen LogP contribution in [0.15, 0.2) is 24.3 Å². The third-order valence-corrected chi connectivity index (χ3v) is 9.20. The van der Waals surface area contributed by atoms with Gasteiger partial charge in [-0.25, -0.2) is 27.3 Å². The van der Waals surface area contributed by atoms with Gasteiger partial charge in [0.15, 0.2) is 0 Å². The van der Waals surface area contributed by atoms with Crippen molar-refractivity contribution in [2.75, 3.05) is 19.7 Å². The summed E-state index contributed by atoms with van der Waals surface area (Å²) in [6.45, 7) is -2.41. The minimum absolute atomic E-state index is 0.0619. The van der Waals surface area contributed by atoms with E-state index in [4.69, 9.17) is 27.9 Å². The lowest BCUT2D eigenvalue weighted by Crippen LogP contribution is -2.60. The number of hydrogen-bond donors (Lipinski definition) is 2. The third kappa shape index (κ3) is 7.99. The van der Waals surface area contributed by atoms with Crippen molar-refractivity contribution in [1.29, 1.82) is 0 Å². The van der Waals surface area contributed by atoms with Crippen molar-refractivity contribution in [3.05, 3.63) is 56.8 Å². The number of rotatable bonds is 9. The number of hydrogen-bond acceptors (Lipinski definition) is 4. The Hall–Kier alpha value is -3.46. The van der Waals surface area contributed by atoms with E-state index in [2.05, 4.69) is 15.6 Å². The molecule has 2 heterocycles. The van der Waals surface area contributed by atoms with Crippen LogP contribution in [0.5, 0.6) is 5.75 Å². The molecule has 0 bridgehead atoms. The SMILES string of the molecule is Cn1c(Cc2c(Cl)ccc(CNC(=O)N3CC(F)(F)C3)c2Cl)nc2cc(C(=O)NC3CCC(C(F)(F)F)CC3)c(OCC(F)F)cc21. The Balaban J connectivity index is 1.36. The highest BCUT2D eigenvalue weighted by Gasteiger charge is 2.46. The molecule has 5 rings (SSSR count). The van der Waals surface area contributed by atoms with Gasteiger partial charge in [0.2, 0.25) is 0 Å². The molecular formula is C30H30Cl2F7N5O3. The molecule has 0 unspecified atom stereocenters. The second kappa shape index (κ2) is 13.6. The van der Waals surface area contributed by atoms with E-state index in [0.29, 0.717) is 28.0 Å². The van der Waals surface area contributed by atoms with E-state index in [1.54, 1.807) is 23.7 Å². The first-order valence-corrected chi connectivity index (χ1v) is 15.4. The van der Waals surface area contributed by atoms with E-state index in [1.807, 2.05) is 0 Å². The maximum absolute atomic E-state index is 13.3. The number of fused-ring (bicyclic) bond motifs is 1. The summed E-state index contributed by atoms with van der Waals surface area (Å²) in [6.07, 6.45) is -7.14. The molecule has 2 N–H and O–H groups in total. The topological polar surface area (TPSA) is 88.5 Å². The highest BCUT2D eigenvalue weighted by Crippen LogP contribution is 2.38. The summed E-state index contributed by atoms with van der Waals surface area (Å²) >= 11 is 13.1. The summed E-state index contributed by atoms with van der Waals surface area (Å²) in [5.41, 5.74) is 1.54. The van der Waals surface area contributed by atoms with Gasteiger partial charge >= 0.3 is 12.2 Å². The molecule has 8 nitrogen and oxygen atoms in total. The molecule has 47 heavy (non-hydrogen) atoms. The number of likely N-dealkylation sites (tertiary alicyclic amines) is 1. The summed E-state index contributed by atoms with van der Waals surface area (Å²) in [4.78, 5) is 31.1. The van der Waals surface area contributed by atoms with E-state index >= 15 is 0 Å². The Labute approximate surface area is 274 Å². The highest BCUT2D eigenvalue weighted by molar-refractivity contribution is 6.36. The summed E-state index contributed by atoms with van der Waals surface area (Å²) in [6, 6.07) is 4.69. The number of carbonyl (C=O) groups excluding carboxylic acids is 2. The number of aryl methyl sites for hydroxylation is 1. The van der Waals surface area contributed by atoms with Crippen LogP contribution in [0.1, 0.15) is 53.0 Å². The standard InChI is InChI=1S/C30H30Cl2F7N5O3/c1-43-22-10-23(47-12-24(33)34)19(27(45)41-17-5-3-16(4-6-17)30(37,38)39)8-21(22)42-25(43)9-18-20(31)7-2-15(26(18)32)11-40-28(46)44-13-29(35,36)14-44/h2,7-8,10,16-17,24H,3-6,9,11-14H2,1H3,(H,40,46)(H,41,45). The fraction of sp³-hybridized carbons (Fsp3) is 0.500. The predicted octanol–water partition coefficient (Wildman–Crippen LogP) is 7.13. The molecule has 2 aromatic carbocycles. The number of nitrogens with one attached hydrogen (secondary N) is 2. The molecule has 3 aromatic rings. The van der Waals surface area contributed by atoms with Gasteiger partial charge in [-0.15, -0.1) is 0 Å². The van der Waals surface area contributed by atoms with Crippen LogP contribution in [0, 0.1) is 5.92 Å². The molecule has 2 aliphatic rings. The molecule has 0 spiro atoms. The second-order valence-corrected chi connectivity index (χ2v) is 12.5. The minimum Gasteiger partial charge on any atom is -0.487 e. The van der Waals surface area contributed by atoms with Gasteiger partial charge in [-0.3, -0.25) is 4.79 Å². The van der Waals surface area contributed by atoms with Crippen LogP contribution in [-0.4, -0.2) is 70.7 Å². The number of ether oxygens (including phenoxy) is 1. The first-order valence-electron chi connectivity index (χ1n) is 14.7. The molecule has 2 fully saturated rings. The fourth-order valence-electron chi connectivity index (χ4n) is 5.75. The quantitative estimate of drug-likeness (QED) is 0.231. The van der Waals surface area contributed by atoms with Gasteiger partial charge in [-0.1, -0.05) is 29.3 Å². The third-order valence-electron chi connectivity index (χ3n) is 8.37. The zero-order chi connectivity index (χ0) is 34.3. The summed E-state index contributed by atoms with van der Waals surface area (Å²) in [7, 11) is 1.65. The normalized spacial score (nSPS) is 19.5. The van der Waals surface area contributed by atoms with Gasteiger partial charge in [0.1, 0.15) is 18.2 Å². The number of alkyl halides is 7. The number of imidazole rings is 1. The molecule has 3 amide bonds. The summed E-state index contributed by atoms with van der Waals surface area (Å²) in [5.74, 6) is -4.78. The van der Waals surface area contributed by atoms with Crippen LogP contribution in [0.4, 0.5) is 35.5 Å². The van der Waals surface area contributed by atoms with Crippen molar-refractivity contribution >= 4 is 46.2 Å². The molecule has 1 aliphatic carbocycles. The van der Waals surface area contributed by atoms with Crippen LogP contribution in [0.2, 0.25) is 10.0 Å². The average Bonchev–Trinajstić information content (AvgIpc) is 3.29. The number of nitrogens with zero attached hydrogens (tertiary/aromatic N) is 3. The summed E-state index contributed by atoms with van der Waals surface area (Å²) in [5, 5.41) is 5.75. The maximum atomic E-state index is 13.3. The van der Waals surface area contributed by atoms with E-state index in [-0.39, 0.29) is 60.0 Å². The lowest BCUT2D eigenvalue weighted by Gasteiger charge is -2.38. The smallest absolute Gasteiger partial charge is 0.391 e. The van der Waals surface area contributed by atoms with Gasteiger partial charge in [-0.2, -0.15) is 13.2 Å². The highest BCUT2D eigenvalue weighted by atomic mass is 35.5. The van der Waals surface area contributed by atoms with Crippen molar-refractivity contribution in [3.8, 4) is 5.75 Å². The van der Waals surface area contributed by atoms with Crippen LogP contribution >= 0.6 is 23.2 Å². The van der Waals surface area contributed by atoms with Crippen LogP contribution in [0.25, 0.3) is 11.0 Å². The predicted molar refractivity (Wildman–Crippen MR) is 160 cm³/mol. The van der Waals surface area contributed by atoms with Crippen molar-refractivity contribution in [1.82, 2.24) is 25.1 Å². The monoisotopic (exact) mass is 711 g/mol. The number of amides is 3. The molecule has 1 aliphatic heterocycles. The lowest BCUT2D eigenvalue weighted by molar-refractivity contribution is -0.182. The first kappa shape index (κ1) is 34.9. The molecule has 1 saturated carbocycles. The fourth-order valence-corrected chi connectivity index (χ4v) is 6.32. The van der Waals surface area contributed by atoms with Gasteiger partial charge in [0.25, 0.3) is 18.3 Å². The van der Waals surface area contributed by atoms with Crippen molar-refractivity contribution in [2.45, 2.75) is 63.2 Å². The zero-order valence-electron chi connectivity index (χ0n) is 24.9. The number of halogens is 9. The second-order valence-electron chi connectivity index (χ2n) is 11.7. The number of carbonyl (C=O) groups is 2. The Morgan fingerprint density at radius 1 is 1.11 bits per heavy atom. The molecule has 1 aromatic heterocycles. The van der Waals surface area contributed by atoms with E-state index < -0.39 is 62.1 Å². The Morgan fingerprint density at radius 3 is 2.40 bits per heavy atom. The van der Waals surface area contributed by atoms with Crippen LogP contribution < -0.4 is 15.4 Å². The zero-order valence-corrected chi connectivity index (χ0v) is 26.4. The lowest BCUT2D eigenvalue weighted by atomic mass is 9.85. The largest absolute Gasteiger partial charge is 0.487 e. The number of benzene rings is 2. The molecule has 256 valence electrons. The van der Waals surface area contributed by atoms with Crippen molar-refractivity contribution in [3.63, 3.8) is 0 Å². The van der Waals surface area contributed by atoms with Crippen LogP contribution in [0.3, 0.4) is 0 Å². The average molecular weight is 712 g/mol. The minimum atomic E-state index is -4.31. The Kier molecular flexibility index (Phi) is 10.1. The number of urea groups is 1. The summed E-state index contributed by atoms with van der Waals surface area (Å²) < 4.78 is 98.6. The van der Waals surface area contributed by atoms with E-state index in [9.17, 15) is 40.3 Å². The van der Waals surface area contributed by atoms with E-state index in [0.717, 1.165) is 4.90 Å². The first-order chi connectivity index (χ1) is 22.0. The van der Waals surface area contributed by atoms with E-state index in [1.165, 1.54) is 12.1 Å². The van der Waals surface area contributed by atoms with Crippen molar-refractivity contribution < 1.29 is 45.1 Å². The molecular weight excluding hydrogens is 682 g/mol. The van der Waals surface area contributed by atoms with Gasteiger partial charge in [0, 0.05) is 37.1 Å². The van der Waals surface area contributed by atoms with Crippen LogP contribution in [-0.2, 0) is 20.0 Å². The number of aromatic nitrogens is 2. The van der Waals surface area contributed by atoms with Gasteiger partial charge < -0.3 is 24.8 Å². The van der Waals surface area contributed by atoms with Crippen molar-refractivity contribution in [2.24, 2.45) is 13.0 Å². The molecule has 0 radical (unpaired) electrons. The molecule has 1 saturated heterocycles. The molecule has 17 heteroatoms. The van der Waals surface area contributed by atoms with Gasteiger partial charge in [0.05, 0.1) is 40.6 Å².